The van der Waals surface area contributed by atoms with E-state index in [2.05, 4.69) is 0 Å². The molecule has 48 heavy (non-hydrogen) atoms. The number of esters is 7. The summed E-state index contributed by atoms with van der Waals surface area (Å²) in [7, 11) is 0. The molecule has 0 saturated carbocycles. The minimum absolute atomic E-state index is 0.115. The van der Waals surface area contributed by atoms with Crippen LogP contribution in [0.4, 0.5) is 0 Å². The van der Waals surface area contributed by atoms with Crippen molar-refractivity contribution in [3.8, 4) is 0 Å². The van der Waals surface area contributed by atoms with Crippen molar-refractivity contribution in [1.29, 1.82) is 0 Å². The van der Waals surface area contributed by atoms with Gasteiger partial charge in [0.1, 0.15) is 31.0 Å². The van der Waals surface area contributed by atoms with E-state index in [1.807, 2.05) is 0 Å². The molecule has 0 unspecified atom stereocenters. The summed E-state index contributed by atoms with van der Waals surface area (Å²) in [6, 6.07) is 0. The number of fused-ring (bicyclic) bond motifs is 2. The molecule has 2 bridgehead atoms. The predicted octanol–water partition coefficient (Wildman–Crippen LogP) is 3.74. The van der Waals surface area contributed by atoms with Gasteiger partial charge >= 0.3 is 41.8 Å². The van der Waals surface area contributed by atoms with Gasteiger partial charge in [0.15, 0.2) is 11.9 Å². The van der Waals surface area contributed by atoms with Crippen molar-refractivity contribution in [2.75, 3.05) is 6.61 Å². The fourth-order valence-electron chi connectivity index (χ4n) is 6.33. The van der Waals surface area contributed by atoms with Gasteiger partial charge in [-0.2, -0.15) is 0 Å². The van der Waals surface area contributed by atoms with Gasteiger partial charge in [-0.05, 0) is 42.9 Å². The summed E-state index contributed by atoms with van der Waals surface area (Å²) < 4.78 is 39.9. The standard InChI is InChI=1S/C34H46O14/c1-16-27(43-19(4)36)13-26-30(46-22(7)39)12-25(15-42-18(3)35)29(45-21(6)38)14-28(44-20(5)37)17(2)32(47-23(8)40)33(48-24(9)41)31(16)34(26,10)11/h12,26-30,33H,13-15H2,1-11H3/b25-12+,32-17?/t26-,27-,28-,29-,30-,33+/m0/s1. The second-order valence-corrected chi connectivity index (χ2v) is 12.4. The predicted molar refractivity (Wildman–Crippen MR) is 166 cm³/mol. The van der Waals surface area contributed by atoms with Crippen molar-refractivity contribution in [2.45, 2.75) is 120 Å². The van der Waals surface area contributed by atoms with Crippen LogP contribution >= 0.6 is 0 Å². The first-order valence-electron chi connectivity index (χ1n) is 15.5. The SMILES string of the molecule is CC(=O)OC/C1=C\[C@H](OC(C)=O)[C@@H]2C[C@H](OC(C)=O)C(C)=C([C@@H](OC(C)=O)C(OC(C)=O)=C(C)[C@@H](OC(C)=O)C[C@@H]1OC(C)=O)C2(C)C. The molecule has 0 N–H and O–H groups in total. The van der Waals surface area contributed by atoms with Crippen LogP contribution in [0.1, 0.15) is 89.0 Å². The lowest BCUT2D eigenvalue weighted by atomic mass is 9.60. The highest BCUT2D eigenvalue weighted by Gasteiger charge is 2.51. The van der Waals surface area contributed by atoms with Crippen LogP contribution in [0.5, 0.6) is 0 Å². The normalized spacial score (nSPS) is 26.7. The molecule has 266 valence electrons. The third-order valence-electron chi connectivity index (χ3n) is 8.19. The summed E-state index contributed by atoms with van der Waals surface area (Å²) in [4.78, 5) is 87.1. The van der Waals surface area contributed by atoms with Crippen LogP contribution in [0.15, 0.2) is 34.1 Å². The lowest BCUT2D eigenvalue weighted by molar-refractivity contribution is -0.156. The third kappa shape index (κ3) is 10.5. The molecule has 0 saturated heterocycles. The van der Waals surface area contributed by atoms with Crippen LogP contribution in [-0.2, 0) is 66.7 Å². The Balaban J connectivity index is 3.25. The van der Waals surface area contributed by atoms with Gasteiger partial charge in [-0.3, -0.25) is 33.6 Å². The largest absolute Gasteiger partial charge is 0.461 e. The molecule has 2 rings (SSSR count). The molecule has 0 spiro atoms. The minimum Gasteiger partial charge on any atom is -0.461 e. The molecule has 0 amide bonds. The summed E-state index contributed by atoms with van der Waals surface area (Å²) in [5.74, 6) is -5.90. The first kappa shape index (κ1) is 39.7. The number of ether oxygens (including phenoxy) is 7. The van der Waals surface area contributed by atoms with E-state index in [-0.39, 0.29) is 29.7 Å². The molecule has 0 radical (unpaired) electrons. The molecular weight excluding hydrogens is 632 g/mol. The van der Waals surface area contributed by atoms with E-state index in [9.17, 15) is 33.6 Å². The zero-order chi connectivity index (χ0) is 36.7. The maximum Gasteiger partial charge on any atom is 0.307 e. The van der Waals surface area contributed by atoms with Crippen LogP contribution < -0.4 is 0 Å². The Hall–Kier alpha value is -4.49. The summed E-state index contributed by atoms with van der Waals surface area (Å²) in [5.41, 5.74) is 0.106. The third-order valence-corrected chi connectivity index (χ3v) is 8.19. The smallest absolute Gasteiger partial charge is 0.307 e. The molecule has 0 heterocycles. The van der Waals surface area contributed by atoms with Gasteiger partial charge in [-0.1, -0.05) is 13.8 Å². The fraction of sp³-hybridized carbons (Fsp3) is 0.618. The lowest BCUT2D eigenvalue weighted by Crippen LogP contribution is -2.49. The number of hydrogen-bond acceptors (Lipinski definition) is 14. The van der Waals surface area contributed by atoms with E-state index in [0.717, 1.165) is 27.7 Å². The summed E-state index contributed by atoms with van der Waals surface area (Å²) >= 11 is 0. The van der Waals surface area contributed by atoms with Gasteiger partial charge in [0.05, 0.1) is 0 Å². The van der Waals surface area contributed by atoms with E-state index >= 15 is 0 Å². The number of carbonyl (C=O) groups excluding carboxylic acids is 7. The zero-order valence-electron chi connectivity index (χ0n) is 29.4. The van der Waals surface area contributed by atoms with Crippen LogP contribution in [0.3, 0.4) is 0 Å². The quantitative estimate of drug-likeness (QED) is 0.205. The molecule has 14 heteroatoms. The minimum atomic E-state index is -1.42. The van der Waals surface area contributed by atoms with Gasteiger partial charge in [0.25, 0.3) is 0 Å². The van der Waals surface area contributed by atoms with Crippen LogP contribution in [0.2, 0.25) is 0 Å². The first-order chi connectivity index (χ1) is 22.1. The van der Waals surface area contributed by atoms with Gasteiger partial charge in [-0.15, -0.1) is 0 Å². The van der Waals surface area contributed by atoms with Crippen LogP contribution in [0.25, 0.3) is 0 Å². The molecule has 0 aromatic heterocycles. The highest BCUT2D eigenvalue weighted by Crippen LogP contribution is 2.52. The second kappa shape index (κ2) is 16.6. The average molecular weight is 679 g/mol. The summed E-state index contributed by atoms with van der Waals surface area (Å²) in [5, 5.41) is 0. The Morgan fingerprint density at radius 1 is 0.625 bits per heavy atom. The van der Waals surface area contributed by atoms with Crippen molar-refractivity contribution in [1.82, 2.24) is 0 Å². The van der Waals surface area contributed by atoms with Gasteiger partial charge in [-0.25, -0.2) is 0 Å². The van der Waals surface area contributed by atoms with E-state index in [0.29, 0.717) is 11.1 Å². The average Bonchev–Trinajstić information content (AvgIpc) is 2.91. The number of carbonyl (C=O) groups is 7. The Labute approximate surface area is 280 Å². The zero-order valence-corrected chi connectivity index (χ0v) is 29.4. The fourth-order valence-corrected chi connectivity index (χ4v) is 6.33. The van der Waals surface area contributed by atoms with Gasteiger partial charge in [0, 0.05) is 72.0 Å². The highest BCUT2D eigenvalue weighted by atomic mass is 16.6. The van der Waals surface area contributed by atoms with Gasteiger partial charge in [0.2, 0.25) is 0 Å². The number of rotatable bonds is 8. The molecule has 6 atom stereocenters. The van der Waals surface area contributed by atoms with E-state index in [1.54, 1.807) is 20.8 Å². The summed E-state index contributed by atoms with van der Waals surface area (Å²) in [6.07, 6.45) is -4.63. The van der Waals surface area contributed by atoms with E-state index in [4.69, 9.17) is 33.2 Å². The van der Waals surface area contributed by atoms with Crippen molar-refractivity contribution in [3.63, 3.8) is 0 Å². The Morgan fingerprint density at radius 2 is 1.10 bits per heavy atom. The first-order valence-corrected chi connectivity index (χ1v) is 15.5. The maximum atomic E-state index is 12.7. The maximum absolute atomic E-state index is 12.7. The molecule has 0 fully saturated rings. The van der Waals surface area contributed by atoms with E-state index in [1.165, 1.54) is 33.8 Å². The second-order valence-electron chi connectivity index (χ2n) is 12.4. The topological polar surface area (TPSA) is 184 Å². The molecule has 0 aliphatic heterocycles. The van der Waals surface area contributed by atoms with Crippen molar-refractivity contribution < 1.29 is 66.7 Å². The Morgan fingerprint density at radius 3 is 1.56 bits per heavy atom. The Kier molecular flexibility index (Phi) is 13.7. The lowest BCUT2D eigenvalue weighted by Gasteiger charge is -2.48. The van der Waals surface area contributed by atoms with Crippen LogP contribution in [-0.4, -0.2) is 78.9 Å². The molecule has 2 aliphatic rings. The van der Waals surface area contributed by atoms with Gasteiger partial charge < -0.3 is 33.2 Å². The number of hydrogen-bond donors (Lipinski definition) is 0. The molecular formula is C34H46O14. The monoisotopic (exact) mass is 678 g/mol. The molecule has 14 nitrogen and oxygen atoms in total. The molecule has 0 aromatic rings. The Bertz CT molecular complexity index is 1410. The van der Waals surface area contributed by atoms with E-state index < -0.39 is 90.2 Å². The van der Waals surface area contributed by atoms with Crippen molar-refractivity contribution in [3.05, 3.63) is 34.1 Å². The molecule has 0 aromatic carbocycles. The van der Waals surface area contributed by atoms with Crippen LogP contribution in [0, 0.1) is 11.3 Å². The highest BCUT2D eigenvalue weighted by molar-refractivity contribution is 5.71. The van der Waals surface area contributed by atoms with Crippen molar-refractivity contribution in [2.24, 2.45) is 11.3 Å². The molecule has 2 aliphatic carbocycles. The summed E-state index contributed by atoms with van der Waals surface area (Å²) in [6.45, 7) is 14.6. The van der Waals surface area contributed by atoms with Crippen molar-refractivity contribution >= 4 is 41.8 Å².